The molecule has 1 amide bonds. The summed E-state index contributed by atoms with van der Waals surface area (Å²) in [5, 5.41) is 0. The number of nitrogens with zero attached hydrogens (tertiary/aromatic N) is 1. The molecule has 4 nitrogen and oxygen atoms in total. The summed E-state index contributed by atoms with van der Waals surface area (Å²) in [7, 11) is 0. The van der Waals surface area contributed by atoms with Crippen LogP contribution in [0.1, 0.15) is 31.2 Å². The summed E-state index contributed by atoms with van der Waals surface area (Å²) in [5.74, 6) is -0.822. The molecule has 0 radical (unpaired) electrons. The molecule has 1 fully saturated rings. The molecule has 4 N–H and O–H groups in total. The number of amides is 1. The summed E-state index contributed by atoms with van der Waals surface area (Å²) in [6.07, 6.45) is 4.20. The zero-order valence-corrected chi connectivity index (χ0v) is 12.0. The third kappa shape index (κ3) is 3.25. The fourth-order valence-corrected chi connectivity index (χ4v) is 2.91. The lowest BCUT2D eigenvalue weighted by Gasteiger charge is -2.31. The highest BCUT2D eigenvalue weighted by molar-refractivity contribution is 7.80. The van der Waals surface area contributed by atoms with Gasteiger partial charge in [-0.05, 0) is 31.0 Å². The SMILES string of the molecule is NC(=O)CN(c1ccc(F)cc1C(N)=S)C1CCCC1. The molecular weight excluding hydrogens is 277 g/mol. The van der Waals surface area contributed by atoms with Crippen LogP contribution in [0.3, 0.4) is 0 Å². The standard InChI is InChI=1S/C14H18FN3OS/c15-9-5-6-12(11(7-9)14(17)20)18(8-13(16)19)10-3-1-2-4-10/h5-7,10H,1-4,8H2,(H2,16,19)(H2,17,20). The molecule has 1 aromatic carbocycles. The van der Waals surface area contributed by atoms with Gasteiger partial charge in [0.2, 0.25) is 5.91 Å². The van der Waals surface area contributed by atoms with E-state index in [4.69, 9.17) is 23.7 Å². The molecule has 108 valence electrons. The summed E-state index contributed by atoms with van der Waals surface area (Å²) in [4.78, 5) is 13.4. The van der Waals surface area contributed by atoms with Gasteiger partial charge < -0.3 is 16.4 Å². The van der Waals surface area contributed by atoms with Crippen molar-refractivity contribution in [3.8, 4) is 0 Å². The van der Waals surface area contributed by atoms with Crippen LogP contribution in [0, 0.1) is 5.82 Å². The Hall–Kier alpha value is -1.69. The average molecular weight is 295 g/mol. The molecule has 0 bridgehead atoms. The van der Waals surface area contributed by atoms with E-state index in [1.165, 1.54) is 12.1 Å². The van der Waals surface area contributed by atoms with Crippen LogP contribution in [0.25, 0.3) is 0 Å². The molecular formula is C14H18FN3OS. The molecule has 0 aliphatic heterocycles. The van der Waals surface area contributed by atoms with Gasteiger partial charge in [0.15, 0.2) is 0 Å². The van der Waals surface area contributed by atoms with Gasteiger partial charge in [0.05, 0.1) is 6.54 Å². The van der Waals surface area contributed by atoms with Gasteiger partial charge in [0.1, 0.15) is 10.8 Å². The average Bonchev–Trinajstić information content (AvgIpc) is 2.89. The first-order chi connectivity index (χ1) is 9.49. The topological polar surface area (TPSA) is 72.4 Å². The summed E-state index contributed by atoms with van der Waals surface area (Å²) in [6.45, 7) is 0.0892. The van der Waals surface area contributed by atoms with Crippen LogP contribution in [0.2, 0.25) is 0 Å². The number of carbonyl (C=O) groups excluding carboxylic acids is 1. The largest absolute Gasteiger partial charge is 0.389 e. The van der Waals surface area contributed by atoms with Crippen molar-refractivity contribution in [1.82, 2.24) is 0 Å². The molecule has 0 atom stereocenters. The lowest BCUT2D eigenvalue weighted by Crippen LogP contribution is -2.41. The third-order valence-electron chi connectivity index (χ3n) is 3.63. The Bertz CT molecular complexity index is 529. The first-order valence-corrected chi connectivity index (χ1v) is 7.04. The third-order valence-corrected chi connectivity index (χ3v) is 3.85. The summed E-state index contributed by atoms with van der Waals surface area (Å²) in [6, 6.07) is 4.49. The van der Waals surface area contributed by atoms with E-state index in [0.29, 0.717) is 11.3 Å². The van der Waals surface area contributed by atoms with Gasteiger partial charge in [-0.2, -0.15) is 0 Å². The molecule has 0 saturated heterocycles. The molecule has 1 saturated carbocycles. The Morgan fingerprint density at radius 1 is 1.35 bits per heavy atom. The number of halogens is 1. The predicted molar refractivity (Wildman–Crippen MR) is 81.1 cm³/mol. The van der Waals surface area contributed by atoms with Crippen LogP contribution in [-0.4, -0.2) is 23.5 Å². The van der Waals surface area contributed by atoms with Crippen molar-refractivity contribution in [3.63, 3.8) is 0 Å². The van der Waals surface area contributed by atoms with Crippen molar-refractivity contribution in [2.24, 2.45) is 11.5 Å². The van der Waals surface area contributed by atoms with Crippen molar-refractivity contribution in [3.05, 3.63) is 29.6 Å². The monoisotopic (exact) mass is 295 g/mol. The van der Waals surface area contributed by atoms with Gasteiger partial charge in [-0.3, -0.25) is 4.79 Å². The van der Waals surface area contributed by atoms with Crippen LogP contribution in [0.15, 0.2) is 18.2 Å². The van der Waals surface area contributed by atoms with Crippen molar-refractivity contribution in [2.75, 3.05) is 11.4 Å². The van der Waals surface area contributed by atoms with E-state index in [0.717, 1.165) is 25.7 Å². The minimum absolute atomic E-state index is 0.0892. The summed E-state index contributed by atoms with van der Waals surface area (Å²) in [5.41, 5.74) is 12.1. The fraction of sp³-hybridized carbons (Fsp3) is 0.429. The quantitative estimate of drug-likeness (QED) is 0.811. The second-order valence-corrected chi connectivity index (χ2v) is 5.50. The van der Waals surface area contributed by atoms with Gasteiger partial charge in [0, 0.05) is 17.3 Å². The molecule has 0 spiro atoms. The Morgan fingerprint density at radius 3 is 2.55 bits per heavy atom. The number of hydrogen-bond acceptors (Lipinski definition) is 3. The Labute approximate surface area is 122 Å². The van der Waals surface area contributed by atoms with Crippen molar-refractivity contribution < 1.29 is 9.18 Å². The van der Waals surface area contributed by atoms with Gasteiger partial charge in [0.25, 0.3) is 0 Å². The van der Waals surface area contributed by atoms with Crippen molar-refractivity contribution >= 4 is 28.8 Å². The maximum absolute atomic E-state index is 13.4. The molecule has 1 aliphatic rings. The minimum atomic E-state index is -0.421. The normalized spacial score (nSPS) is 15.2. The maximum atomic E-state index is 13.4. The number of hydrogen-bond donors (Lipinski definition) is 2. The highest BCUT2D eigenvalue weighted by Gasteiger charge is 2.26. The number of rotatable bonds is 5. The van der Waals surface area contributed by atoms with E-state index >= 15 is 0 Å². The van der Waals surface area contributed by atoms with E-state index in [9.17, 15) is 9.18 Å². The molecule has 0 aromatic heterocycles. The molecule has 1 aromatic rings. The number of anilines is 1. The Balaban J connectivity index is 2.41. The zero-order valence-electron chi connectivity index (χ0n) is 11.1. The Morgan fingerprint density at radius 2 is 2.00 bits per heavy atom. The van der Waals surface area contributed by atoms with Crippen LogP contribution in [-0.2, 0) is 4.79 Å². The minimum Gasteiger partial charge on any atom is -0.389 e. The van der Waals surface area contributed by atoms with E-state index in [-0.39, 0.29) is 17.6 Å². The maximum Gasteiger partial charge on any atom is 0.236 e. The highest BCUT2D eigenvalue weighted by atomic mass is 32.1. The molecule has 1 aliphatic carbocycles. The number of benzene rings is 1. The first-order valence-electron chi connectivity index (χ1n) is 6.63. The van der Waals surface area contributed by atoms with Crippen LogP contribution >= 0.6 is 12.2 Å². The van der Waals surface area contributed by atoms with Gasteiger partial charge in [-0.25, -0.2) is 4.39 Å². The van der Waals surface area contributed by atoms with E-state index < -0.39 is 11.7 Å². The zero-order chi connectivity index (χ0) is 14.7. The summed E-state index contributed by atoms with van der Waals surface area (Å²) >= 11 is 4.98. The number of primary amides is 1. The predicted octanol–water partition coefficient (Wildman–Crippen LogP) is 1.69. The van der Waals surface area contributed by atoms with Crippen molar-refractivity contribution in [2.45, 2.75) is 31.7 Å². The summed E-state index contributed by atoms with van der Waals surface area (Å²) < 4.78 is 13.4. The van der Waals surface area contributed by atoms with E-state index in [1.54, 1.807) is 6.07 Å². The number of nitrogens with two attached hydrogens (primary N) is 2. The first kappa shape index (κ1) is 14.7. The molecule has 20 heavy (non-hydrogen) atoms. The second kappa shape index (κ2) is 6.17. The highest BCUT2D eigenvalue weighted by Crippen LogP contribution is 2.30. The molecule has 6 heteroatoms. The van der Waals surface area contributed by atoms with E-state index in [1.807, 2.05) is 4.90 Å². The molecule has 2 rings (SSSR count). The Kier molecular flexibility index (Phi) is 4.54. The van der Waals surface area contributed by atoms with Gasteiger partial charge >= 0.3 is 0 Å². The number of carbonyl (C=O) groups is 1. The molecule has 0 heterocycles. The van der Waals surface area contributed by atoms with E-state index in [2.05, 4.69) is 0 Å². The number of thiocarbonyl (C=S) groups is 1. The van der Waals surface area contributed by atoms with Crippen LogP contribution < -0.4 is 16.4 Å². The second-order valence-electron chi connectivity index (χ2n) is 5.06. The van der Waals surface area contributed by atoms with Crippen molar-refractivity contribution in [1.29, 1.82) is 0 Å². The lowest BCUT2D eigenvalue weighted by atomic mass is 10.1. The van der Waals surface area contributed by atoms with Crippen LogP contribution in [0.4, 0.5) is 10.1 Å². The van der Waals surface area contributed by atoms with Crippen LogP contribution in [0.5, 0.6) is 0 Å². The fourth-order valence-electron chi connectivity index (χ4n) is 2.75. The molecule has 0 unspecified atom stereocenters. The lowest BCUT2D eigenvalue weighted by molar-refractivity contribution is -0.116. The smallest absolute Gasteiger partial charge is 0.236 e. The van der Waals surface area contributed by atoms with Gasteiger partial charge in [-0.1, -0.05) is 25.1 Å². The van der Waals surface area contributed by atoms with Gasteiger partial charge in [-0.15, -0.1) is 0 Å².